The van der Waals surface area contributed by atoms with Gasteiger partial charge in [0.2, 0.25) is 15.9 Å². The molecule has 3 aromatic rings. The molecule has 39 heavy (non-hydrogen) atoms. The van der Waals surface area contributed by atoms with E-state index in [-0.39, 0.29) is 30.9 Å². The number of amides is 1. The minimum Gasteiger partial charge on any atom is -0.348 e. The van der Waals surface area contributed by atoms with Crippen molar-refractivity contribution in [3.63, 3.8) is 0 Å². The highest BCUT2D eigenvalue weighted by Gasteiger charge is 2.48. The van der Waals surface area contributed by atoms with Gasteiger partial charge in [-0.15, -0.1) is 0 Å². The first-order chi connectivity index (χ1) is 18.6. The fourth-order valence-corrected chi connectivity index (χ4v) is 5.91. The van der Waals surface area contributed by atoms with Gasteiger partial charge in [0.15, 0.2) is 0 Å². The molecule has 2 heterocycles. The second kappa shape index (κ2) is 10.9. The summed E-state index contributed by atoms with van der Waals surface area (Å²) in [6.07, 6.45) is 2.96. The Morgan fingerprint density at radius 3 is 2.38 bits per heavy atom. The monoisotopic (exact) mass is 566 g/mol. The molecule has 1 amide bonds. The molecule has 7 nitrogen and oxygen atoms in total. The van der Waals surface area contributed by atoms with Gasteiger partial charge in [0, 0.05) is 24.0 Å². The molecule has 1 saturated heterocycles. The van der Waals surface area contributed by atoms with Crippen LogP contribution < -0.4 is 10.3 Å². The second-order valence-corrected chi connectivity index (χ2v) is 12.2. The zero-order chi connectivity index (χ0) is 27.7. The van der Waals surface area contributed by atoms with Crippen molar-refractivity contribution in [1.29, 1.82) is 0 Å². The van der Waals surface area contributed by atoms with E-state index in [1.54, 1.807) is 47.5 Å². The lowest BCUT2D eigenvalue weighted by Gasteiger charge is -2.34. The van der Waals surface area contributed by atoms with Gasteiger partial charge in [-0.3, -0.25) is 9.80 Å². The summed E-state index contributed by atoms with van der Waals surface area (Å²) >= 11 is 6.13. The van der Waals surface area contributed by atoms with Gasteiger partial charge < -0.3 is 5.32 Å². The molecule has 3 aromatic carbocycles. The van der Waals surface area contributed by atoms with Crippen molar-refractivity contribution in [2.24, 2.45) is 11.0 Å². The highest BCUT2D eigenvalue weighted by molar-refractivity contribution is 7.88. The van der Waals surface area contributed by atoms with E-state index in [1.165, 1.54) is 16.4 Å². The highest BCUT2D eigenvalue weighted by Crippen LogP contribution is 2.36. The van der Waals surface area contributed by atoms with Gasteiger partial charge in [-0.05, 0) is 66.1 Å². The van der Waals surface area contributed by atoms with Crippen LogP contribution >= 0.6 is 11.6 Å². The highest BCUT2D eigenvalue weighted by atomic mass is 35.5. The number of hydrazone groups is 1. The molecule has 1 N–H and O–H groups in total. The number of nitrogens with zero attached hydrogens (tertiary/aromatic N) is 3. The van der Waals surface area contributed by atoms with Crippen LogP contribution in [0.15, 0.2) is 89.5 Å². The predicted octanol–water partition coefficient (Wildman–Crippen LogP) is 4.88. The van der Waals surface area contributed by atoms with E-state index < -0.39 is 22.0 Å². The van der Waals surface area contributed by atoms with Crippen molar-refractivity contribution < 1.29 is 17.6 Å². The Kier molecular flexibility index (Phi) is 7.57. The van der Waals surface area contributed by atoms with E-state index in [2.05, 4.69) is 5.32 Å². The maximum absolute atomic E-state index is 13.9. The molecule has 0 spiro atoms. The van der Waals surface area contributed by atoms with E-state index in [0.29, 0.717) is 27.6 Å². The first kappa shape index (κ1) is 27.1. The van der Waals surface area contributed by atoms with Crippen LogP contribution in [-0.2, 0) is 14.8 Å². The average molecular weight is 567 g/mol. The van der Waals surface area contributed by atoms with Crippen molar-refractivity contribution in [3.05, 3.63) is 106 Å². The number of halogens is 2. The minimum absolute atomic E-state index is 0.0920. The fraction of sp³-hybridized carbons (Fsp3) is 0.241. The SMILES string of the molecule is C[C@@H](NC(=O)C1C2CN(S(C)(=O)=O)CC(=Cc3ccc(F)cc3)C2=NN1c1ccc(Cl)cc1)c1ccccc1. The topological polar surface area (TPSA) is 82.1 Å². The van der Waals surface area contributed by atoms with Gasteiger partial charge in [0.1, 0.15) is 11.9 Å². The van der Waals surface area contributed by atoms with Crippen molar-refractivity contribution >= 4 is 45.0 Å². The maximum Gasteiger partial charge on any atom is 0.246 e. The molecular formula is C29H28ClFN4O3S. The third-order valence-corrected chi connectivity index (χ3v) is 8.45. The smallest absolute Gasteiger partial charge is 0.246 e. The summed E-state index contributed by atoms with van der Waals surface area (Å²) in [6, 6.07) is 21.4. The maximum atomic E-state index is 13.9. The number of piperidine rings is 1. The van der Waals surface area contributed by atoms with E-state index in [9.17, 15) is 17.6 Å². The Morgan fingerprint density at radius 2 is 1.74 bits per heavy atom. The first-order valence-electron chi connectivity index (χ1n) is 12.5. The molecule has 0 aromatic heterocycles. The Hall–Kier alpha value is -3.53. The Labute approximate surface area is 232 Å². The van der Waals surface area contributed by atoms with Gasteiger partial charge in [-0.1, -0.05) is 54.1 Å². The zero-order valence-corrected chi connectivity index (χ0v) is 23.0. The van der Waals surface area contributed by atoms with Crippen molar-refractivity contribution in [2.45, 2.75) is 19.0 Å². The van der Waals surface area contributed by atoms with Gasteiger partial charge in [-0.2, -0.15) is 9.41 Å². The lowest BCUT2D eigenvalue weighted by atomic mass is 9.86. The van der Waals surface area contributed by atoms with Crippen LogP contribution in [0.3, 0.4) is 0 Å². The number of sulfonamides is 1. The lowest BCUT2D eigenvalue weighted by molar-refractivity contribution is -0.123. The van der Waals surface area contributed by atoms with Crippen LogP contribution in [0.4, 0.5) is 10.1 Å². The summed E-state index contributed by atoms with van der Waals surface area (Å²) in [6.45, 7) is 2.09. The molecule has 0 aliphatic carbocycles. The number of hydrogen-bond acceptors (Lipinski definition) is 5. The number of fused-ring (bicyclic) bond motifs is 1. The van der Waals surface area contributed by atoms with E-state index in [1.807, 2.05) is 37.3 Å². The van der Waals surface area contributed by atoms with Crippen LogP contribution in [0.1, 0.15) is 24.1 Å². The molecule has 0 saturated carbocycles. The molecule has 202 valence electrons. The first-order valence-corrected chi connectivity index (χ1v) is 14.7. The minimum atomic E-state index is -3.59. The molecule has 2 aliphatic rings. The van der Waals surface area contributed by atoms with Crippen LogP contribution in [0.25, 0.3) is 6.08 Å². The third-order valence-electron chi connectivity index (χ3n) is 6.99. The fourth-order valence-electron chi connectivity index (χ4n) is 4.98. The summed E-state index contributed by atoms with van der Waals surface area (Å²) in [5.41, 5.74) is 3.57. The van der Waals surface area contributed by atoms with Crippen LogP contribution in [0.5, 0.6) is 0 Å². The van der Waals surface area contributed by atoms with Crippen molar-refractivity contribution in [2.75, 3.05) is 24.4 Å². The summed E-state index contributed by atoms with van der Waals surface area (Å²) in [4.78, 5) is 13.9. The standard InChI is InChI=1S/C29H28ClFN4O3S/c1-19(21-6-4-3-5-7-21)32-29(36)28-26-18-34(39(2,37)38)17-22(16-20-8-12-24(31)13-9-20)27(26)33-35(28)25-14-10-23(30)11-15-25/h3-16,19,26,28H,17-18H2,1-2H3,(H,32,36)/t19-,26?,28?/m1/s1. The number of carbonyl (C=O) groups is 1. The second-order valence-electron chi connectivity index (χ2n) is 9.78. The van der Waals surface area contributed by atoms with Crippen molar-refractivity contribution in [1.82, 2.24) is 9.62 Å². The number of anilines is 1. The number of hydrogen-bond donors (Lipinski definition) is 1. The van der Waals surface area contributed by atoms with E-state index >= 15 is 0 Å². The van der Waals surface area contributed by atoms with Gasteiger partial charge in [0.25, 0.3) is 0 Å². The Bertz CT molecular complexity index is 1530. The number of benzene rings is 3. The summed E-state index contributed by atoms with van der Waals surface area (Å²) in [5, 5.41) is 10.2. The molecule has 0 bridgehead atoms. The van der Waals surface area contributed by atoms with Gasteiger partial charge >= 0.3 is 0 Å². The molecule has 3 atom stereocenters. The van der Waals surface area contributed by atoms with E-state index in [0.717, 1.165) is 11.8 Å². The quantitative estimate of drug-likeness (QED) is 0.461. The number of nitrogens with one attached hydrogen (secondary N) is 1. The number of carbonyl (C=O) groups excluding carboxylic acids is 1. The molecule has 10 heteroatoms. The predicted molar refractivity (Wildman–Crippen MR) is 152 cm³/mol. The molecule has 0 radical (unpaired) electrons. The summed E-state index contributed by atoms with van der Waals surface area (Å²) < 4.78 is 40.4. The summed E-state index contributed by atoms with van der Waals surface area (Å²) in [7, 11) is -3.59. The number of rotatable bonds is 6. The van der Waals surface area contributed by atoms with Crippen LogP contribution in [0, 0.1) is 11.7 Å². The van der Waals surface area contributed by atoms with Gasteiger partial charge in [0.05, 0.1) is 23.7 Å². The molecular weight excluding hydrogens is 539 g/mol. The average Bonchev–Trinajstić information content (AvgIpc) is 3.30. The zero-order valence-electron chi connectivity index (χ0n) is 21.5. The molecule has 1 fully saturated rings. The molecule has 2 aliphatic heterocycles. The summed E-state index contributed by atoms with van der Waals surface area (Å²) in [5.74, 6) is -1.19. The van der Waals surface area contributed by atoms with Crippen molar-refractivity contribution in [3.8, 4) is 0 Å². The Morgan fingerprint density at radius 1 is 1.08 bits per heavy atom. The van der Waals surface area contributed by atoms with Crippen LogP contribution in [-0.4, -0.2) is 49.7 Å². The largest absolute Gasteiger partial charge is 0.348 e. The van der Waals surface area contributed by atoms with Crippen LogP contribution in [0.2, 0.25) is 5.02 Å². The van der Waals surface area contributed by atoms with Gasteiger partial charge in [-0.25, -0.2) is 12.8 Å². The van der Waals surface area contributed by atoms with E-state index in [4.69, 9.17) is 16.7 Å². The Balaban J connectivity index is 1.57. The normalized spacial score (nSPS) is 21.4. The third kappa shape index (κ3) is 5.90. The molecule has 5 rings (SSSR count). The lowest BCUT2D eigenvalue weighted by Crippen LogP contribution is -2.54. The molecule has 2 unspecified atom stereocenters.